The Morgan fingerprint density at radius 2 is 1.94 bits per heavy atom. The maximum Gasteiger partial charge on any atom is 0.416 e. The fraction of sp³-hybridized carbons (Fsp3) is 0.778. The highest BCUT2D eigenvalue weighted by Crippen LogP contribution is 2.67. The molecule has 4 rings (SSSR count). The quantitative estimate of drug-likeness (QED) is 0.397. The van der Waals surface area contributed by atoms with Gasteiger partial charge in [-0.2, -0.15) is 0 Å². The first kappa shape index (κ1) is 26.6. The maximum absolute atomic E-state index is 13.4. The standard InChI is InChI=1S/C27H39N3O6/c1-7-25(4)13-19(36-24(34)30-23(33)35-17-12-20(28-6)29-14-17)26(5)15(2)8-10-27(16(3)22(25)32)11-9-18(31)21(26)27/h7,15-17,19-22,29,32H,1,8-14H2,2-5H3,(H,30,33,34)/t15-,16+,17-,19-,20+,21+,22+,25-,26+,27+/m1/s1. The number of nitrogens with one attached hydrogen (secondary N) is 2. The molecule has 0 spiro atoms. The van der Waals surface area contributed by atoms with Crippen molar-refractivity contribution in [1.82, 2.24) is 10.6 Å². The lowest BCUT2D eigenvalue weighted by Crippen LogP contribution is -2.63. The Kier molecular flexibility index (Phi) is 6.99. The number of carbonyl (C=O) groups excluding carboxylic acids is 3. The number of carbonyl (C=O) groups is 3. The van der Waals surface area contributed by atoms with Gasteiger partial charge in [0, 0.05) is 29.7 Å². The molecule has 0 aromatic rings. The average Bonchev–Trinajstić information content (AvgIpc) is 3.44. The van der Waals surface area contributed by atoms with Crippen LogP contribution in [0.2, 0.25) is 0 Å². The number of imide groups is 1. The van der Waals surface area contributed by atoms with E-state index in [0.717, 1.165) is 19.3 Å². The van der Waals surface area contributed by atoms with Gasteiger partial charge in [0.15, 0.2) is 0 Å². The Labute approximate surface area is 213 Å². The van der Waals surface area contributed by atoms with E-state index in [9.17, 15) is 19.5 Å². The lowest BCUT2D eigenvalue weighted by atomic mass is 9.44. The molecule has 4 fully saturated rings. The molecule has 198 valence electrons. The lowest BCUT2D eigenvalue weighted by Gasteiger charge is -2.61. The highest BCUT2D eigenvalue weighted by atomic mass is 16.6. The Morgan fingerprint density at radius 3 is 2.58 bits per heavy atom. The first-order valence-corrected chi connectivity index (χ1v) is 13.0. The topological polar surface area (TPSA) is 118 Å². The van der Waals surface area contributed by atoms with Gasteiger partial charge in [-0.05, 0) is 42.9 Å². The summed E-state index contributed by atoms with van der Waals surface area (Å²) >= 11 is 0. The minimum absolute atomic E-state index is 0.0917. The molecule has 10 atom stereocenters. The van der Waals surface area contributed by atoms with Crippen LogP contribution >= 0.6 is 0 Å². The van der Waals surface area contributed by atoms with E-state index in [0.29, 0.717) is 19.4 Å². The van der Waals surface area contributed by atoms with Gasteiger partial charge in [0.05, 0.1) is 12.5 Å². The van der Waals surface area contributed by atoms with Crippen LogP contribution in [0, 0.1) is 40.6 Å². The van der Waals surface area contributed by atoms with Crippen LogP contribution < -0.4 is 10.6 Å². The van der Waals surface area contributed by atoms with E-state index in [2.05, 4.69) is 35.9 Å². The van der Waals surface area contributed by atoms with E-state index in [-0.39, 0.29) is 35.4 Å². The lowest BCUT2D eigenvalue weighted by molar-refractivity contribution is -0.191. The average molecular weight is 502 g/mol. The smallest absolute Gasteiger partial charge is 0.416 e. The van der Waals surface area contributed by atoms with Gasteiger partial charge in [-0.15, -0.1) is 6.58 Å². The van der Waals surface area contributed by atoms with E-state index >= 15 is 0 Å². The number of aliphatic hydroxyl groups is 1. The van der Waals surface area contributed by atoms with E-state index in [4.69, 9.17) is 16.0 Å². The summed E-state index contributed by atoms with van der Waals surface area (Å²) in [4.78, 5) is 42.2. The van der Waals surface area contributed by atoms with Crippen molar-refractivity contribution in [3.05, 3.63) is 24.1 Å². The van der Waals surface area contributed by atoms with Gasteiger partial charge in [-0.1, -0.05) is 33.8 Å². The normalized spacial score (nSPS) is 46.0. The minimum atomic E-state index is -0.942. The van der Waals surface area contributed by atoms with Gasteiger partial charge in [0.25, 0.3) is 6.17 Å². The summed E-state index contributed by atoms with van der Waals surface area (Å²) in [5, 5.41) is 16.6. The van der Waals surface area contributed by atoms with Crippen molar-refractivity contribution in [3.8, 4) is 0 Å². The molecule has 4 aliphatic rings. The molecular formula is C27H39N3O6. The van der Waals surface area contributed by atoms with Crippen molar-refractivity contribution in [2.75, 3.05) is 6.54 Å². The SMILES string of the molecule is [C-]#[N+][C@@H]1C[C@@H](OC(=O)NC(=O)O[C@@H]2C[C@@](C)(C=C)[C@@H](O)[C@H](C)[C@]34CCC(=O)[C@H]3[C@@]2(C)[C@H](C)CC4)CN1. The molecule has 0 aromatic carbocycles. The Morgan fingerprint density at radius 1 is 1.25 bits per heavy atom. The number of alkyl carbamates (subject to hydrolysis) is 2. The Balaban J connectivity index is 1.60. The molecule has 9 nitrogen and oxygen atoms in total. The number of aliphatic hydroxyl groups excluding tert-OH is 1. The van der Waals surface area contributed by atoms with Crippen LogP contribution in [-0.4, -0.2) is 54.1 Å². The third-order valence-electron chi connectivity index (χ3n) is 10.3. The second kappa shape index (κ2) is 9.46. The van der Waals surface area contributed by atoms with Crippen LogP contribution in [0.4, 0.5) is 9.59 Å². The molecule has 2 amide bonds. The van der Waals surface area contributed by atoms with Crippen LogP contribution in [-0.2, 0) is 14.3 Å². The molecule has 3 aliphatic carbocycles. The Hall–Kier alpha value is -2.44. The van der Waals surface area contributed by atoms with Gasteiger partial charge in [-0.25, -0.2) is 26.8 Å². The number of ketones is 1. The summed E-state index contributed by atoms with van der Waals surface area (Å²) in [6, 6.07) is 0. The second-order valence-electron chi connectivity index (χ2n) is 11.9. The largest absolute Gasteiger partial charge is 0.445 e. The number of hydrogen-bond acceptors (Lipinski definition) is 7. The summed E-state index contributed by atoms with van der Waals surface area (Å²) in [5.41, 5.74) is -1.78. The molecule has 1 heterocycles. The highest BCUT2D eigenvalue weighted by Gasteiger charge is 2.68. The molecule has 36 heavy (non-hydrogen) atoms. The molecule has 1 saturated heterocycles. The summed E-state index contributed by atoms with van der Waals surface area (Å²) in [6.07, 6.45) is 0.974. The summed E-state index contributed by atoms with van der Waals surface area (Å²) in [7, 11) is 0. The van der Waals surface area contributed by atoms with Crippen molar-refractivity contribution >= 4 is 18.0 Å². The third-order valence-corrected chi connectivity index (χ3v) is 10.3. The van der Waals surface area contributed by atoms with E-state index in [1.807, 2.05) is 13.8 Å². The highest BCUT2D eigenvalue weighted by molar-refractivity contribution is 5.88. The zero-order chi connectivity index (χ0) is 26.5. The van der Waals surface area contributed by atoms with Crippen molar-refractivity contribution in [2.24, 2.45) is 34.0 Å². The molecule has 2 bridgehead atoms. The number of nitrogens with zero attached hydrogens (tertiary/aromatic N) is 1. The number of Topliss-reactive ketones (excluding diaryl/α,β-unsaturated/α-hetero) is 1. The number of ether oxygens (including phenoxy) is 2. The second-order valence-corrected chi connectivity index (χ2v) is 11.9. The van der Waals surface area contributed by atoms with Crippen LogP contribution in [0.15, 0.2) is 12.7 Å². The fourth-order valence-electron chi connectivity index (χ4n) is 7.80. The number of hydrogen-bond donors (Lipinski definition) is 3. The minimum Gasteiger partial charge on any atom is -0.445 e. The summed E-state index contributed by atoms with van der Waals surface area (Å²) in [6.45, 7) is 19.5. The number of rotatable bonds is 3. The van der Waals surface area contributed by atoms with Gasteiger partial charge in [0.2, 0.25) is 0 Å². The van der Waals surface area contributed by atoms with Gasteiger partial charge in [0.1, 0.15) is 18.0 Å². The van der Waals surface area contributed by atoms with Crippen molar-refractivity contribution < 1.29 is 29.0 Å². The first-order valence-electron chi connectivity index (χ1n) is 13.0. The van der Waals surface area contributed by atoms with Crippen LogP contribution in [0.1, 0.15) is 66.2 Å². The molecular weight excluding hydrogens is 462 g/mol. The van der Waals surface area contributed by atoms with Crippen molar-refractivity contribution in [1.29, 1.82) is 0 Å². The maximum atomic E-state index is 13.4. The predicted molar refractivity (Wildman–Crippen MR) is 131 cm³/mol. The zero-order valence-corrected chi connectivity index (χ0v) is 21.7. The van der Waals surface area contributed by atoms with Gasteiger partial charge >= 0.3 is 12.2 Å². The molecule has 0 aromatic heterocycles. The molecule has 0 radical (unpaired) electrons. The van der Waals surface area contributed by atoms with Gasteiger partial charge < -0.3 is 14.6 Å². The molecule has 1 aliphatic heterocycles. The van der Waals surface area contributed by atoms with E-state index < -0.39 is 47.5 Å². The summed E-state index contributed by atoms with van der Waals surface area (Å²) < 4.78 is 11.3. The van der Waals surface area contributed by atoms with Gasteiger partial charge in [-0.3, -0.25) is 9.64 Å². The van der Waals surface area contributed by atoms with Crippen LogP contribution in [0.3, 0.4) is 0 Å². The molecule has 3 N–H and O–H groups in total. The van der Waals surface area contributed by atoms with E-state index in [1.54, 1.807) is 6.08 Å². The van der Waals surface area contributed by atoms with Crippen LogP contribution in [0.5, 0.6) is 0 Å². The first-order chi connectivity index (χ1) is 16.9. The third kappa shape index (κ3) is 4.12. The fourth-order valence-corrected chi connectivity index (χ4v) is 7.80. The Bertz CT molecular complexity index is 979. The molecule has 9 heteroatoms. The van der Waals surface area contributed by atoms with Crippen molar-refractivity contribution in [2.45, 2.75) is 90.7 Å². The molecule has 3 saturated carbocycles. The predicted octanol–water partition coefficient (Wildman–Crippen LogP) is 3.82. The zero-order valence-electron chi connectivity index (χ0n) is 21.7. The van der Waals surface area contributed by atoms with E-state index in [1.165, 1.54) is 0 Å². The van der Waals surface area contributed by atoms with Crippen LogP contribution in [0.25, 0.3) is 4.85 Å². The number of amides is 2. The van der Waals surface area contributed by atoms with Crippen molar-refractivity contribution in [3.63, 3.8) is 0 Å². The summed E-state index contributed by atoms with van der Waals surface area (Å²) in [5.74, 6) is -0.198. The molecule has 0 unspecified atom stereocenters. The monoisotopic (exact) mass is 501 g/mol.